The Morgan fingerprint density at radius 2 is 1.76 bits per heavy atom. The Morgan fingerprint density at radius 1 is 1.19 bits per heavy atom. The zero-order valence-corrected chi connectivity index (χ0v) is 16.0. The lowest BCUT2D eigenvalue weighted by Gasteiger charge is -2.34. The number of hydrogen-bond acceptors (Lipinski definition) is 2. The van der Waals surface area contributed by atoms with E-state index in [1.165, 1.54) is 0 Å². The summed E-state index contributed by atoms with van der Waals surface area (Å²) in [6.07, 6.45) is 3.38. The van der Waals surface area contributed by atoms with E-state index in [9.17, 15) is 4.79 Å². The summed E-state index contributed by atoms with van der Waals surface area (Å²) in [6, 6.07) is 5.31. The van der Waals surface area contributed by atoms with Crippen LogP contribution in [0.25, 0.3) is 6.08 Å². The molecule has 0 saturated heterocycles. The number of likely N-dealkylation sites (N-methyl/N-ethyl adjacent to an activating group) is 1. The van der Waals surface area contributed by atoms with Crippen LogP contribution in [0, 0.1) is 0 Å². The summed E-state index contributed by atoms with van der Waals surface area (Å²) in [4.78, 5) is 14.5. The van der Waals surface area contributed by atoms with Crippen molar-refractivity contribution in [3.8, 4) is 0 Å². The second-order valence-corrected chi connectivity index (χ2v) is 5.92. The van der Waals surface area contributed by atoms with Crippen LogP contribution in [0.15, 0.2) is 24.3 Å². The molecule has 1 rings (SSSR count). The van der Waals surface area contributed by atoms with Gasteiger partial charge in [-0.1, -0.05) is 49.2 Å². The molecule has 1 aromatic rings. The van der Waals surface area contributed by atoms with Gasteiger partial charge in [0.1, 0.15) is 0 Å². The number of carbonyl (C=O) groups excluding carboxylic acids is 1. The summed E-state index contributed by atoms with van der Waals surface area (Å²) < 4.78 is 0. The molecule has 0 radical (unpaired) electrons. The van der Waals surface area contributed by atoms with Crippen molar-refractivity contribution < 1.29 is 4.79 Å². The van der Waals surface area contributed by atoms with Crippen molar-refractivity contribution in [2.45, 2.75) is 33.2 Å². The first kappa shape index (κ1) is 20.6. The first-order chi connectivity index (χ1) is 9.32. The van der Waals surface area contributed by atoms with E-state index >= 15 is 0 Å². The first-order valence-electron chi connectivity index (χ1n) is 6.75. The van der Waals surface area contributed by atoms with Crippen molar-refractivity contribution in [3.05, 3.63) is 39.9 Å². The number of ketones is 1. The molecule has 0 unspecified atom stereocenters. The number of hydrogen-bond donors (Lipinski definition) is 0. The molecule has 0 spiro atoms. The molecule has 0 N–H and O–H groups in total. The van der Waals surface area contributed by atoms with Gasteiger partial charge in [0.15, 0.2) is 5.78 Å². The molecule has 0 fully saturated rings. The third kappa shape index (κ3) is 5.41. The minimum atomic E-state index is -0.504. The molecule has 0 aromatic heterocycles. The summed E-state index contributed by atoms with van der Waals surface area (Å²) in [5.41, 5.74) is 0.360. The molecule has 1 aromatic carbocycles. The van der Waals surface area contributed by atoms with Crippen molar-refractivity contribution in [1.29, 1.82) is 0 Å². The van der Waals surface area contributed by atoms with Gasteiger partial charge in [0.05, 0.1) is 15.6 Å². The largest absolute Gasteiger partial charge is 0.293 e. The first-order valence-corrected chi connectivity index (χ1v) is 7.51. The second-order valence-electron chi connectivity index (χ2n) is 5.10. The average Bonchev–Trinajstić information content (AvgIpc) is 2.40. The Hall–Kier alpha value is -0.350. The van der Waals surface area contributed by atoms with Crippen molar-refractivity contribution in [3.63, 3.8) is 0 Å². The van der Waals surface area contributed by atoms with Crippen LogP contribution in [-0.2, 0) is 4.79 Å². The van der Waals surface area contributed by atoms with Gasteiger partial charge in [-0.2, -0.15) is 0 Å². The van der Waals surface area contributed by atoms with E-state index in [-0.39, 0.29) is 22.8 Å². The average molecular weight is 395 g/mol. The van der Waals surface area contributed by atoms with Gasteiger partial charge < -0.3 is 0 Å². The predicted octanol–water partition coefficient (Wildman–Crippen LogP) is 5.27. The van der Waals surface area contributed by atoms with Crippen molar-refractivity contribution >= 4 is 52.0 Å². The molecule has 5 heteroatoms. The Balaban J connectivity index is 0.00000400. The predicted molar refractivity (Wildman–Crippen MR) is 97.8 cm³/mol. The fourth-order valence-electron chi connectivity index (χ4n) is 2.16. The molecular formula is C16H22BrCl2NO. The highest BCUT2D eigenvalue weighted by atomic mass is 79.9. The summed E-state index contributed by atoms with van der Waals surface area (Å²) in [6.45, 7) is 9.69. The molecule has 0 atom stereocenters. The van der Waals surface area contributed by atoms with E-state index in [0.717, 1.165) is 18.7 Å². The lowest BCUT2D eigenvalue weighted by Crippen LogP contribution is -2.49. The molecule has 0 aliphatic carbocycles. The van der Waals surface area contributed by atoms with Crippen LogP contribution in [0.3, 0.4) is 0 Å². The maximum absolute atomic E-state index is 12.4. The van der Waals surface area contributed by atoms with E-state index in [1.807, 2.05) is 19.9 Å². The number of rotatable bonds is 6. The summed E-state index contributed by atoms with van der Waals surface area (Å²) in [5, 5.41) is 1.00. The molecule has 0 heterocycles. The summed E-state index contributed by atoms with van der Waals surface area (Å²) in [5.74, 6) is 0.0762. The molecular weight excluding hydrogens is 373 g/mol. The summed E-state index contributed by atoms with van der Waals surface area (Å²) in [7, 11) is 0. The molecule has 0 aliphatic rings. The van der Waals surface area contributed by atoms with Gasteiger partial charge >= 0.3 is 0 Å². The van der Waals surface area contributed by atoms with Crippen LogP contribution in [0.5, 0.6) is 0 Å². The van der Waals surface area contributed by atoms with Gasteiger partial charge in [-0.25, -0.2) is 0 Å². The van der Waals surface area contributed by atoms with E-state index in [0.29, 0.717) is 10.0 Å². The van der Waals surface area contributed by atoms with Gasteiger partial charge in [0.25, 0.3) is 0 Å². The fourth-order valence-corrected chi connectivity index (χ4v) is 2.47. The molecule has 0 aliphatic heterocycles. The molecule has 0 amide bonds. The van der Waals surface area contributed by atoms with Gasteiger partial charge in [0.2, 0.25) is 0 Å². The Bertz CT molecular complexity index is 511. The number of carbonyl (C=O) groups is 1. The van der Waals surface area contributed by atoms with Crippen LogP contribution in [0.4, 0.5) is 0 Å². The summed E-state index contributed by atoms with van der Waals surface area (Å²) >= 11 is 11.8. The molecule has 0 bridgehead atoms. The second kappa shape index (κ2) is 8.94. The Labute approximate surface area is 147 Å². The van der Waals surface area contributed by atoms with Crippen LogP contribution in [0.1, 0.15) is 33.3 Å². The molecule has 21 heavy (non-hydrogen) atoms. The van der Waals surface area contributed by atoms with Crippen LogP contribution in [0.2, 0.25) is 10.0 Å². The van der Waals surface area contributed by atoms with Crippen LogP contribution < -0.4 is 0 Å². The minimum absolute atomic E-state index is 0. The minimum Gasteiger partial charge on any atom is -0.293 e. The van der Waals surface area contributed by atoms with Gasteiger partial charge in [-0.05, 0) is 50.7 Å². The number of halogens is 3. The maximum atomic E-state index is 12.4. The van der Waals surface area contributed by atoms with E-state index in [2.05, 4.69) is 18.7 Å². The highest BCUT2D eigenvalue weighted by Crippen LogP contribution is 2.23. The van der Waals surface area contributed by atoms with Crippen molar-refractivity contribution in [2.75, 3.05) is 13.1 Å². The zero-order chi connectivity index (χ0) is 15.3. The number of nitrogens with zero attached hydrogens (tertiary/aromatic N) is 1. The topological polar surface area (TPSA) is 20.3 Å². The number of benzene rings is 1. The van der Waals surface area contributed by atoms with Gasteiger partial charge in [0, 0.05) is 0 Å². The van der Waals surface area contributed by atoms with E-state index in [4.69, 9.17) is 23.2 Å². The third-order valence-electron chi connectivity index (χ3n) is 3.53. The van der Waals surface area contributed by atoms with Crippen molar-refractivity contribution in [1.82, 2.24) is 4.90 Å². The monoisotopic (exact) mass is 393 g/mol. The Morgan fingerprint density at radius 3 is 2.24 bits per heavy atom. The smallest absolute Gasteiger partial charge is 0.175 e. The lowest BCUT2D eigenvalue weighted by atomic mass is 9.95. The zero-order valence-electron chi connectivity index (χ0n) is 12.8. The van der Waals surface area contributed by atoms with E-state index in [1.54, 1.807) is 24.3 Å². The van der Waals surface area contributed by atoms with Gasteiger partial charge in [-0.3, -0.25) is 9.69 Å². The quantitative estimate of drug-likeness (QED) is 0.612. The SMILES string of the molecule is Br.CCN(CC)C(C)(C)C(=O)/C=C/c1ccc(Cl)c(Cl)c1. The fraction of sp³-hybridized carbons (Fsp3) is 0.438. The molecule has 2 nitrogen and oxygen atoms in total. The van der Waals surface area contributed by atoms with Crippen LogP contribution in [-0.4, -0.2) is 29.3 Å². The highest BCUT2D eigenvalue weighted by molar-refractivity contribution is 8.93. The lowest BCUT2D eigenvalue weighted by molar-refractivity contribution is -0.124. The van der Waals surface area contributed by atoms with Crippen LogP contribution >= 0.6 is 40.2 Å². The standard InChI is InChI=1S/C16H21Cl2NO.BrH/c1-5-19(6-2)16(3,4)15(20)10-8-12-7-9-13(17)14(18)11-12;/h7-11H,5-6H2,1-4H3;1H/b10-8+;. The van der Waals surface area contributed by atoms with Crippen molar-refractivity contribution in [2.24, 2.45) is 0 Å². The third-order valence-corrected chi connectivity index (χ3v) is 4.27. The van der Waals surface area contributed by atoms with Gasteiger partial charge in [-0.15, -0.1) is 17.0 Å². The molecule has 118 valence electrons. The maximum Gasteiger partial charge on any atom is 0.175 e. The Kier molecular flexibility index (Phi) is 8.79. The van der Waals surface area contributed by atoms with E-state index < -0.39 is 5.54 Å². The molecule has 0 saturated carbocycles. The normalized spacial score (nSPS) is 11.8. The highest BCUT2D eigenvalue weighted by Gasteiger charge is 2.30.